The first-order valence-electron chi connectivity index (χ1n) is 8.67. The van der Waals surface area contributed by atoms with Gasteiger partial charge < -0.3 is 9.47 Å². The van der Waals surface area contributed by atoms with Crippen LogP contribution in [0.2, 0.25) is 5.02 Å². The molecule has 0 aliphatic carbocycles. The number of fused-ring (bicyclic) bond motifs is 1. The van der Waals surface area contributed by atoms with Crippen LogP contribution in [0, 0.1) is 0 Å². The predicted octanol–water partition coefficient (Wildman–Crippen LogP) is 3.17. The molecule has 2 aromatic heterocycles. The molecular weight excluding hydrogens is 348 g/mol. The molecule has 134 valence electrons. The van der Waals surface area contributed by atoms with Crippen molar-refractivity contribution in [2.24, 2.45) is 7.05 Å². The van der Waals surface area contributed by atoms with Crippen molar-refractivity contribution in [3.8, 4) is 11.3 Å². The van der Waals surface area contributed by atoms with Crippen LogP contribution in [-0.4, -0.2) is 51.9 Å². The van der Waals surface area contributed by atoms with Crippen LogP contribution in [0.5, 0.6) is 0 Å². The summed E-state index contributed by atoms with van der Waals surface area (Å²) in [7, 11) is 3.90. The summed E-state index contributed by atoms with van der Waals surface area (Å²) in [6.45, 7) is 2.86. The van der Waals surface area contributed by atoms with Crippen LogP contribution >= 0.6 is 11.6 Å². The van der Waals surface area contributed by atoms with Gasteiger partial charge in [-0.15, -0.1) is 0 Å². The molecule has 0 atom stereocenters. The van der Waals surface area contributed by atoms with Crippen molar-refractivity contribution in [1.82, 2.24) is 19.4 Å². The first-order valence-corrected chi connectivity index (χ1v) is 9.04. The fourth-order valence-corrected chi connectivity index (χ4v) is 3.66. The lowest BCUT2D eigenvalue weighted by molar-refractivity contribution is -0.134. The minimum Gasteiger partial charge on any atom is -0.344 e. The number of pyridine rings is 1. The summed E-state index contributed by atoms with van der Waals surface area (Å²) in [6, 6.07) is 10.2. The van der Waals surface area contributed by atoms with Crippen molar-refractivity contribution in [1.29, 1.82) is 0 Å². The van der Waals surface area contributed by atoms with Crippen LogP contribution in [0.1, 0.15) is 5.56 Å². The van der Waals surface area contributed by atoms with Gasteiger partial charge in [0.15, 0.2) is 0 Å². The van der Waals surface area contributed by atoms with Crippen LogP contribution in [0.3, 0.4) is 0 Å². The Bertz CT molecular complexity index is 981. The van der Waals surface area contributed by atoms with E-state index >= 15 is 0 Å². The zero-order valence-electron chi connectivity index (χ0n) is 14.9. The highest BCUT2D eigenvalue weighted by Gasteiger charge is 2.21. The normalized spacial score (nSPS) is 15.8. The van der Waals surface area contributed by atoms with E-state index in [0.29, 0.717) is 6.54 Å². The lowest BCUT2D eigenvalue weighted by Crippen LogP contribution is -2.47. The van der Waals surface area contributed by atoms with Gasteiger partial charge in [0.05, 0.1) is 12.2 Å². The van der Waals surface area contributed by atoms with E-state index in [1.165, 1.54) is 0 Å². The molecule has 3 aromatic rings. The van der Waals surface area contributed by atoms with E-state index < -0.39 is 0 Å². The van der Waals surface area contributed by atoms with Gasteiger partial charge in [0.1, 0.15) is 0 Å². The Morgan fingerprint density at radius 1 is 1.12 bits per heavy atom. The van der Waals surface area contributed by atoms with E-state index in [0.717, 1.165) is 52.4 Å². The molecular formula is C20H21ClN4O. The zero-order valence-corrected chi connectivity index (χ0v) is 15.7. The van der Waals surface area contributed by atoms with Crippen molar-refractivity contribution in [2.45, 2.75) is 6.54 Å². The van der Waals surface area contributed by atoms with E-state index in [2.05, 4.69) is 26.6 Å². The number of hydrogen-bond donors (Lipinski definition) is 0. The fraction of sp³-hybridized carbons (Fsp3) is 0.300. The first-order chi connectivity index (χ1) is 12.5. The van der Waals surface area contributed by atoms with E-state index in [1.54, 1.807) is 4.90 Å². The van der Waals surface area contributed by atoms with Crippen LogP contribution in [0.15, 0.2) is 42.7 Å². The molecule has 0 unspecified atom stereocenters. The predicted molar refractivity (Wildman–Crippen MR) is 104 cm³/mol. The van der Waals surface area contributed by atoms with Crippen molar-refractivity contribution in [2.75, 3.05) is 26.7 Å². The Balaban J connectivity index is 1.62. The van der Waals surface area contributed by atoms with Gasteiger partial charge in [0.2, 0.25) is 5.91 Å². The minimum atomic E-state index is 0.172. The number of benzene rings is 1. The number of halogens is 1. The summed E-state index contributed by atoms with van der Waals surface area (Å²) in [6.07, 6.45) is 3.76. The Hall–Kier alpha value is -2.37. The van der Waals surface area contributed by atoms with Crippen molar-refractivity contribution < 1.29 is 4.79 Å². The van der Waals surface area contributed by atoms with Crippen molar-refractivity contribution in [3.05, 3.63) is 53.3 Å². The summed E-state index contributed by atoms with van der Waals surface area (Å²) in [5.41, 5.74) is 4.38. The molecule has 0 saturated carbocycles. The molecule has 1 aromatic carbocycles. The number of amides is 1. The van der Waals surface area contributed by atoms with Gasteiger partial charge >= 0.3 is 0 Å². The number of carbonyl (C=O) groups is 1. The first kappa shape index (κ1) is 17.1. The lowest BCUT2D eigenvalue weighted by atomic mass is 10.1. The van der Waals surface area contributed by atoms with Crippen LogP contribution in [0.4, 0.5) is 0 Å². The van der Waals surface area contributed by atoms with Crippen LogP contribution < -0.4 is 0 Å². The SMILES string of the molecule is CN1CCN(Cc2cncc(-c3cc4ccc(Cl)cc4n3C)c2)CC1=O. The standard InChI is InChI=1S/C20H21ClN4O/c1-23-5-6-25(13-20(23)26)12-14-7-16(11-22-10-14)18-8-15-3-4-17(21)9-19(15)24(18)2/h3-4,7-11H,5-6,12-13H2,1-2H3. The number of nitrogens with zero attached hydrogens (tertiary/aromatic N) is 4. The van der Waals surface area contributed by atoms with E-state index in [4.69, 9.17) is 11.6 Å². The maximum atomic E-state index is 11.9. The van der Waals surface area contributed by atoms with Crippen molar-refractivity contribution >= 4 is 28.4 Å². The number of rotatable bonds is 3. The Morgan fingerprint density at radius 2 is 1.96 bits per heavy atom. The third kappa shape index (κ3) is 3.20. The summed E-state index contributed by atoms with van der Waals surface area (Å²) in [5.74, 6) is 0.172. The largest absolute Gasteiger partial charge is 0.344 e. The van der Waals surface area contributed by atoms with Gasteiger partial charge in [-0.3, -0.25) is 14.7 Å². The maximum Gasteiger partial charge on any atom is 0.236 e. The maximum absolute atomic E-state index is 11.9. The van der Waals surface area contributed by atoms with Gasteiger partial charge in [0, 0.05) is 67.6 Å². The fourth-order valence-electron chi connectivity index (χ4n) is 3.49. The van der Waals surface area contributed by atoms with Crippen LogP contribution in [0.25, 0.3) is 22.2 Å². The Morgan fingerprint density at radius 3 is 2.77 bits per heavy atom. The molecule has 26 heavy (non-hydrogen) atoms. The second-order valence-corrected chi connectivity index (χ2v) is 7.34. The number of hydrogen-bond acceptors (Lipinski definition) is 3. The molecule has 1 aliphatic rings. The summed E-state index contributed by atoms with van der Waals surface area (Å²) in [5, 5.41) is 1.89. The molecule has 1 amide bonds. The summed E-state index contributed by atoms with van der Waals surface area (Å²) in [4.78, 5) is 20.3. The summed E-state index contributed by atoms with van der Waals surface area (Å²) >= 11 is 6.14. The molecule has 0 spiro atoms. The molecule has 1 aliphatic heterocycles. The van der Waals surface area contributed by atoms with E-state index in [1.807, 2.05) is 44.7 Å². The monoisotopic (exact) mass is 368 g/mol. The van der Waals surface area contributed by atoms with Crippen molar-refractivity contribution in [3.63, 3.8) is 0 Å². The molecule has 4 rings (SSSR count). The second-order valence-electron chi connectivity index (χ2n) is 6.90. The highest BCUT2D eigenvalue weighted by atomic mass is 35.5. The number of aromatic nitrogens is 2. The van der Waals surface area contributed by atoms with E-state index in [-0.39, 0.29) is 5.91 Å². The number of likely N-dealkylation sites (N-methyl/N-ethyl adjacent to an activating group) is 1. The average molecular weight is 369 g/mol. The van der Waals surface area contributed by atoms with Gasteiger partial charge in [-0.1, -0.05) is 17.7 Å². The topological polar surface area (TPSA) is 41.4 Å². The molecule has 6 heteroatoms. The van der Waals surface area contributed by atoms with Gasteiger partial charge in [0.25, 0.3) is 0 Å². The van der Waals surface area contributed by atoms with Gasteiger partial charge in [-0.2, -0.15) is 0 Å². The average Bonchev–Trinajstić information content (AvgIpc) is 2.95. The Kier molecular flexibility index (Phi) is 4.42. The lowest BCUT2D eigenvalue weighted by Gasteiger charge is -2.31. The number of aryl methyl sites for hydroxylation is 1. The molecule has 1 fully saturated rings. The second kappa shape index (κ2) is 6.74. The molecule has 0 radical (unpaired) electrons. The molecule has 0 N–H and O–H groups in total. The highest BCUT2D eigenvalue weighted by Crippen LogP contribution is 2.29. The van der Waals surface area contributed by atoms with Gasteiger partial charge in [-0.25, -0.2) is 0 Å². The van der Waals surface area contributed by atoms with E-state index in [9.17, 15) is 4.79 Å². The third-order valence-corrected chi connectivity index (χ3v) is 5.28. The third-order valence-electron chi connectivity index (χ3n) is 5.04. The molecule has 0 bridgehead atoms. The summed E-state index contributed by atoms with van der Waals surface area (Å²) < 4.78 is 2.14. The zero-order chi connectivity index (χ0) is 18.3. The minimum absolute atomic E-state index is 0.172. The molecule has 1 saturated heterocycles. The molecule has 5 nitrogen and oxygen atoms in total. The highest BCUT2D eigenvalue weighted by molar-refractivity contribution is 6.31. The smallest absolute Gasteiger partial charge is 0.236 e. The quantitative estimate of drug-likeness (QED) is 0.713. The van der Waals surface area contributed by atoms with Gasteiger partial charge in [-0.05, 0) is 29.8 Å². The molecule has 3 heterocycles. The number of carbonyl (C=O) groups excluding carboxylic acids is 1. The number of piperazine rings is 1. The Labute approximate surface area is 157 Å². The van der Waals surface area contributed by atoms with Crippen LogP contribution in [-0.2, 0) is 18.4 Å².